The van der Waals surface area contributed by atoms with Crippen molar-refractivity contribution in [3.8, 4) is 0 Å². The number of nitrogens with one attached hydrogen (secondary N) is 2. The monoisotopic (exact) mass is 162 g/mol. The molecule has 0 radical (unpaired) electrons. The van der Waals surface area contributed by atoms with Gasteiger partial charge in [-0.05, 0) is 13.6 Å². The first-order valence-electron chi connectivity index (χ1n) is 4.35. The highest BCUT2D eigenvalue weighted by Gasteiger charge is 1.92. The van der Waals surface area contributed by atoms with E-state index in [2.05, 4.69) is 17.6 Å². The fraction of sp³-hybridized carbons (Fsp3) is 1.00. The molecule has 3 heteroatoms. The molecule has 0 aromatic heterocycles. The average molecular weight is 162 g/mol. The van der Waals surface area contributed by atoms with Gasteiger partial charge in [0.15, 0.2) is 0 Å². The van der Waals surface area contributed by atoms with Crippen LogP contribution >= 0.6 is 0 Å². The van der Waals surface area contributed by atoms with Gasteiger partial charge in [-0.25, -0.2) is 0 Å². The van der Waals surface area contributed by atoms with E-state index in [9.17, 15) is 0 Å². The van der Waals surface area contributed by atoms with Crippen LogP contribution in [0.3, 0.4) is 0 Å². The lowest BCUT2D eigenvalue weighted by atomic mass is 10.7. The second kappa shape index (κ2) is 16.5. The van der Waals surface area contributed by atoms with Crippen molar-refractivity contribution in [2.75, 3.05) is 33.5 Å². The van der Waals surface area contributed by atoms with Gasteiger partial charge in [0.25, 0.3) is 0 Å². The lowest BCUT2D eigenvalue weighted by molar-refractivity contribution is 0.194. The Kier molecular flexibility index (Phi) is 20.2. The minimum atomic E-state index is 0.750. The summed E-state index contributed by atoms with van der Waals surface area (Å²) >= 11 is 0. The first-order chi connectivity index (χ1) is 5.41. The Labute approximate surface area is 70.5 Å². The van der Waals surface area contributed by atoms with E-state index in [0.717, 1.165) is 26.4 Å². The first-order valence-corrected chi connectivity index (χ1v) is 4.35. The third-order valence-corrected chi connectivity index (χ3v) is 0.981. The quantitative estimate of drug-likeness (QED) is 0.599. The summed E-state index contributed by atoms with van der Waals surface area (Å²) in [6, 6.07) is 0. The summed E-state index contributed by atoms with van der Waals surface area (Å²) in [6.45, 7) is 9.81. The molecule has 1 rings (SSSR count). The van der Waals surface area contributed by atoms with Crippen molar-refractivity contribution >= 4 is 0 Å². The van der Waals surface area contributed by atoms with Crippen LogP contribution in [-0.2, 0) is 4.74 Å². The number of hydrogen-bond acceptors (Lipinski definition) is 3. The molecule has 1 saturated heterocycles. The number of ether oxygens (including phenoxy) is 1. The van der Waals surface area contributed by atoms with Gasteiger partial charge in [-0.15, -0.1) is 0 Å². The molecule has 0 aromatic rings. The third-order valence-electron chi connectivity index (χ3n) is 0.981. The average Bonchev–Trinajstić information content (AvgIpc) is 2.65. The molecular weight excluding hydrogens is 140 g/mol. The number of hydrogen-bond donors (Lipinski definition) is 2. The molecule has 0 atom stereocenters. The van der Waals surface area contributed by atoms with E-state index in [4.69, 9.17) is 4.74 Å². The minimum absolute atomic E-state index is 0.750. The van der Waals surface area contributed by atoms with Crippen LogP contribution in [0.25, 0.3) is 0 Å². The normalized spacial score (nSPS) is 14.2. The van der Waals surface area contributed by atoms with Gasteiger partial charge in [-0.1, -0.05) is 20.8 Å². The molecular formula is C8H22N2O. The Hall–Kier alpha value is -0.120. The van der Waals surface area contributed by atoms with Crippen LogP contribution in [0.2, 0.25) is 0 Å². The molecule has 0 aromatic carbocycles. The van der Waals surface area contributed by atoms with Gasteiger partial charge in [0, 0.05) is 6.54 Å². The van der Waals surface area contributed by atoms with Crippen LogP contribution in [0.4, 0.5) is 0 Å². The Morgan fingerprint density at radius 1 is 1.45 bits per heavy atom. The van der Waals surface area contributed by atoms with E-state index in [1.807, 2.05) is 20.9 Å². The van der Waals surface area contributed by atoms with Crippen molar-refractivity contribution in [2.24, 2.45) is 0 Å². The maximum Gasteiger partial charge on any atom is 0.0966 e. The zero-order valence-electron chi connectivity index (χ0n) is 8.24. The van der Waals surface area contributed by atoms with E-state index >= 15 is 0 Å². The molecule has 0 amide bonds. The molecule has 0 bridgehead atoms. The van der Waals surface area contributed by atoms with Crippen molar-refractivity contribution in [1.29, 1.82) is 0 Å². The molecule has 1 heterocycles. The van der Waals surface area contributed by atoms with E-state index in [0.29, 0.717) is 0 Å². The van der Waals surface area contributed by atoms with E-state index in [1.165, 1.54) is 0 Å². The predicted octanol–water partition coefficient (Wildman–Crippen LogP) is 0.816. The molecule has 11 heavy (non-hydrogen) atoms. The minimum Gasteiger partial charge on any atom is -0.365 e. The lowest BCUT2D eigenvalue weighted by Crippen LogP contribution is -2.05. The van der Waals surface area contributed by atoms with Gasteiger partial charge in [-0.2, -0.15) is 0 Å². The van der Waals surface area contributed by atoms with E-state index < -0.39 is 0 Å². The maximum absolute atomic E-state index is 4.83. The SMILES string of the molecule is C1COCN1.CC.CCNC. The van der Waals surface area contributed by atoms with Crippen LogP contribution < -0.4 is 10.6 Å². The lowest BCUT2D eigenvalue weighted by Gasteiger charge is -1.76. The highest BCUT2D eigenvalue weighted by molar-refractivity contribution is 4.43. The van der Waals surface area contributed by atoms with Crippen LogP contribution in [0.15, 0.2) is 0 Å². The van der Waals surface area contributed by atoms with Crippen LogP contribution in [0, 0.1) is 0 Å². The van der Waals surface area contributed by atoms with Crippen molar-refractivity contribution in [3.05, 3.63) is 0 Å². The number of rotatable bonds is 1. The fourth-order valence-electron chi connectivity index (χ4n) is 0.361. The van der Waals surface area contributed by atoms with Crippen LogP contribution in [0.1, 0.15) is 20.8 Å². The zero-order valence-corrected chi connectivity index (χ0v) is 8.24. The topological polar surface area (TPSA) is 33.3 Å². The fourth-order valence-corrected chi connectivity index (χ4v) is 0.361. The summed E-state index contributed by atoms with van der Waals surface area (Å²) in [4.78, 5) is 0. The zero-order chi connectivity index (χ0) is 8.95. The highest BCUT2D eigenvalue weighted by atomic mass is 16.5. The summed E-state index contributed by atoms with van der Waals surface area (Å²) < 4.78 is 4.83. The van der Waals surface area contributed by atoms with Crippen LogP contribution in [-0.4, -0.2) is 33.5 Å². The second-order valence-electron chi connectivity index (χ2n) is 1.76. The van der Waals surface area contributed by atoms with Crippen molar-refractivity contribution in [2.45, 2.75) is 20.8 Å². The van der Waals surface area contributed by atoms with Gasteiger partial charge >= 0.3 is 0 Å². The van der Waals surface area contributed by atoms with Gasteiger partial charge in [0.1, 0.15) is 0 Å². The molecule has 1 fully saturated rings. The Balaban J connectivity index is 0. The Bertz CT molecular complexity index is 37.7. The van der Waals surface area contributed by atoms with Gasteiger partial charge in [0.05, 0.1) is 13.3 Å². The summed E-state index contributed by atoms with van der Waals surface area (Å²) in [5.41, 5.74) is 0. The van der Waals surface area contributed by atoms with Gasteiger partial charge < -0.3 is 10.1 Å². The van der Waals surface area contributed by atoms with Crippen molar-refractivity contribution in [1.82, 2.24) is 10.6 Å². The molecule has 1 aliphatic rings. The van der Waals surface area contributed by atoms with Gasteiger partial charge in [0.2, 0.25) is 0 Å². The summed E-state index contributed by atoms with van der Waals surface area (Å²) in [5, 5.41) is 5.93. The summed E-state index contributed by atoms with van der Waals surface area (Å²) in [5.74, 6) is 0. The molecule has 70 valence electrons. The van der Waals surface area contributed by atoms with E-state index in [-0.39, 0.29) is 0 Å². The molecule has 2 N–H and O–H groups in total. The Morgan fingerprint density at radius 3 is 2.09 bits per heavy atom. The molecule has 0 spiro atoms. The standard InChI is InChI=1S/C3H7NO.C3H9N.C2H6/c1-2-5-3-4-1;1-3-4-2;1-2/h4H,1-3H2;4H,3H2,1-2H3;1-2H3. The largest absolute Gasteiger partial charge is 0.365 e. The maximum atomic E-state index is 4.83. The Morgan fingerprint density at radius 2 is 2.00 bits per heavy atom. The smallest absolute Gasteiger partial charge is 0.0966 e. The molecule has 0 aliphatic carbocycles. The third kappa shape index (κ3) is 17.7. The predicted molar refractivity (Wildman–Crippen MR) is 49.8 cm³/mol. The van der Waals surface area contributed by atoms with E-state index in [1.54, 1.807) is 0 Å². The summed E-state index contributed by atoms with van der Waals surface area (Å²) in [6.07, 6.45) is 0. The van der Waals surface area contributed by atoms with Gasteiger partial charge in [-0.3, -0.25) is 5.32 Å². The molecule has 0 saturated carbocycles. The molecule has 1 aliphatic heterocycles. The first kappa shape index (κ1) is 13.5. The summed E-state index contributed by atoms with van der Waals surface area (Å²) in [7, 11) is 1.93. The van der Waals surface area contributed by atoms with Crippen molar-refractivity contribution < 1.29 is 4.74 Å². The molecule has 3 nitrogen and oxygen atoms in total. The molecule has 0 unspecified atom stereocenters. The van der Waals surface area contributed by atoms with Crippen molar-refractivity contribution in [3.63, 3.8) is 0 Å². The highest BCUT2D eigenvalue weighted by Crippen LogP contribution is 1.75. The second-order valence-corrected chi connectivity index (χ2v) is 1.76. The van der Waals surface area contributed by atoms with Crippen LogP contribution in [0.5, 0.6) is 0 Å².